The predicted octanol–water partition coefficient (Wildman–Crippen LogP) is 0.550. The number of carbonyl (C=O) groups excluding carboxylic acids is 2. The van der Waals surface area contributed by atoms with E-state index in [9.17, 15) is 14.4 Å². The van der Waals surface area contributed by atoms with Crippen LogP contribution in [-0.4, -0.2) is 53.1 Å². The van der Waals surface area contributed by atoms with Gasteiger partial charge in [0.2, 0.25) is 5.91 Å². The number of amides is 3. The van der Waals surface area contributed by atoms with Gasteiger partial charge >= 0.3 is 12.0 Å². The SMILES string of the molecule is CCNC(=O)C(C)NC(=O)N1CCCCC1CC(=O)O. The minimum atomic E-state index is -0.911. The first kappa shape index (κ1) is 16.3. The predicted molar refractivity (Wildman–Crippen MR) is 73.3 cm³/mol. The van der Waals surface area contributed by atoms with E-state index in [1.54, 1.807) is 13.8 Å². The average molecular weight is 285 g/mol. The molecule has 1 fully saturated rings. The van der Waals surface area contributed by atoms with E-state index in [1.807, 2.05) is 0 Å². The molecule has 7 nitrogen and oxygen atoms in total. The highest BCUT2D eigenvalue weighted by Gasteiger charge is 2.29. The summed E-state index contributed by atoms with van der Waals surface area (Å²) >= 11 is 0. The molecule has 1 heterocycles. The number of hydrogen-bond acceptors (Lipinski definition) is 3. The van der Waals surface area contributed by atoms with Crippen LogP contribution in [0.1, 0.15) is 39.5 Å². The number of urea groups is 1. The zero-order valence-corrected chi connectivity index (χ0v) is 12.0. The summed E-state index contributed by atoms with van der Waals surface area (Å²) in [6, 6.07) is -1.28. The highest BCUT2D eigenvalue weighted by Crippen LogP contribution is 2.19. The lowest BCUT2D eigenvalue weighted by Crippen LogP contribution is -2.54. The van der Waals surface area contributed by atoms with Crippen LogP contribution >= 0.6 is 0 Å². The van der Waals surface area contributed by atoms with Gasteiger partial charge in [0.05, 0.1) is 6.42 Å². The van der Waals surface area contributed by atoms with Gasteiger partial charge in [0.1, 0.15) is 6.04 Å². The zero-order chi connectivity index (χ0) is 15.1. The molecule has 2 unspecified atom stereocenters. The molecule has 0 spiro atoms. The van der Waals surface area contributed by atoms with Crippen molar-refractivity contribution < 1.29 is 19.5 Å². The highest BCUT2D eigenvalue weighted by atomic mass is 16.4. The van der Waals surface area contributed by atoms with Gasteiger partial charge in [-0.2, -0.15) is 0 Å². The molecule has 0 radical (unpaired) electrons. The van der Waals surface area contributed by atoms with Gasteiger partial charge < -0.3 is 20.6 Å². The summed E-state index contributed by atoms with van der Waals surface area (Å²) in [6.07, 6.45) is 2.42. The summed E-state index contributed by atoms with van der Waals surface area (Å²) in [5.74, 6) is -1.15. The Morgan fingerprint density at radius 1 is 1.35 bits per heavy atom. The normalized spacial score (nSPS) is 20.1. The van der Waals surface area contributed by atoms with E-state index in [1.165, 1.54) is 4.90 Å². The standard InChI is InChI=1S/C13H23N3O4/c1-3-14-12(19)9(2)15-13(20)16-7-5-4-6-10(16)8-11(17)18/h9-10H,3-8H2,1-2H3,(H,14,19)(H,15,20)(H,17,18). The Kier molecular flexibility index (Phi) is 6.27. The van der Waals surface area contributed by atoms with Gasteiger partial charge in [-0.3, -0.25) is 9.59 Å². The van der Waals surface area contributed by atoms with E-state index in [0.29, 0.717) is 19.5 Å². The smallest absolute Gasteiger partial charge is 0.318 e. The fourth-order valence-corrected chi connectivity index (χ4v) is 2.34. The molecule has 114 valence electrons. The molecular weight excluding hydrogens is 262 g/mol. The fraction of sp³-hybridized carbons (Fsp3) is 0.769. The zero-order valence-electron chi connectivity index (χ0n) is 12.0. The van der Waals surface area contributed by atoms with Crippen LogP contribution in [0.3, 0.4) is 0 Å². The van der Waals surface area contributed by atoms with Crippen molar-refractivity contribution in [1.82, 2.24) is 15.5 Å². The van der Waals surface area contributed by atoms with Gasteiger partial charge in [-0.25, -0.2) is 4.79 Å². The quantitative estimate of drug-likeness (QED) is 0.687. The third-order valence-electron chi connectivity index (χ3n) is 3.38. The van der Waals surface area contributed by atoms with Crippen LogP contribution < -0.4 is 10.6 Å². The number of hydrogen-bond donors (Lipinski definition) is 3. The number of carboxylic acids is 1. The highest BCUT2D eigenvalue weighted by molar-refractivity contribution is 5.86. The molecule has 0 aromatic rings. The van der Waals surface area contributed by atoms with Crippen molar-refractivity contribution >= 4 is 17.9 Å². The van der Waals surface area contributed by atoms with Crippen LogP contribution in [0.4, 0.5) is 4.79 Å². The molecule has 0 aromatic heterocycles. The first-order valence-corrected chi connectivity index (χ1v) is 7.02. The third-order valence-corrected chi connectivity index (χ3v) is 3.38. The van der Waals surface area contributed by atoms with Crippen molar-refractivity contribution in [2.45, 2.75) is 51.6 Å². The number of carboxylic acid groups (broad SMARTS) is 1. The summed E-state index contributed by atoms with van der Waals surface area (Å²) < 4.78 is 0. The van der Waals surface area contributed by atoms with E-state index in [-0.39, 0.29) is 24.4 Å². The summed E-state index contributed by atoms with van der Waals surface area (Å²) in [6.45, 7) is 4.45. The number of rotatable bonds is 5. The van der Waals surface area contributed by atoms with Gasteiger partial charge in [0.15, 0.2) is 0 Å². The minimum absolute atomic E-state index is 0.0526. The van der Waals surface area contributed by atoms with Crippen molar-refractivity contribution in [1.29, 1.82) is 0 Å². The van der Waals surface area contributed by atoms with Crippen molar-refractivity contribution in [3.8, 4) is 0 Å². The Labute approximate surface area is 118 Å². The van der Waals surface area contributed by atoms with Crippen molar-refractivity contribution in [2.75, 3.05) is 13.1 Å². The summed E-state index contributed by atoms with van der Waals surface area (Å²) in [5, 5.41) is 14.1. The van der Waals surface area contributed by atoms with Gasteiger partial charge in [0, 0.05) is 19.1 Å². The van der Waals surface area contributed by atoms with Crippen LogP contribution in [0.25, 0.3) is 0 Å². The second-order valence-corrected chi connectivity index (χ2v) is 5.01. The number of piperidine rings is 1. The van der Waals surface area contributed by atoms with Crippen LogP contribution in [0.2, 0.25) is 0 Å². The van der Waals surface area contributed by atoms with Crippen molar-refractivity contribution in [2.24, 2.45) is 0 Å². The number of aliphatic carboxylic acids is 1. The molecule has 3 amide bonds. The number of nitrogens with zero attached hydrogens (tertiary/aromatic N) is 1. The van der Waals surface area contributed by atoms with Crippen molar-refractivity contribution in [3.63, 3.8) is 0 Å². The van der Waals surface area contributed by atoms with Gasteiger partial charge in [-0.15, -0.1) is 0 Å². The van der Waals surface area contributed by atoms with E-state index in [2.05, 4.69) is 10.6 Å². The lowest BCUT2D eigenvalue weighted by Gasteiger charge is -2.35. The molecule has 0 aliphatic carbocycles. The maximum absolute atomic E-state index is 12.2. The van der Waals surface area contributed by atoms with Crippen LogP contribution in [0.15, 0.2) is 0 Å². The summed E-state index contributed by atoms with van der Waals surface area (Å²) in [4.78, 5) is 36.1. The van der Waals surface area contributed by atoms with Gasteiger partial charge in [0.25, 0.3) is 0 Å². The average Bonchev–Trinajstić information content (AvgIpc) is 2.38. The molecule has 20 heavy (non-hydrogen) atoms. The minimum Gasteiger partial charge on any atom is -0.481 e. The molecule has 1 rings (SSSR count). The maximum Gasteiger partial charge on any atom is 0.318 e. The molecule has 2 atom stereocenters. The first-order valence-electron chi connectivity index (χ1n) is 7.02. The van der Waals surface area contributed by atoms with E-state index in [0.717, 1.165) is 12.8 Å². The number of carbonyl (C=O) groups is 3. The number of likely N-dealkylation sites (N-methyl/N-ethyl adjacent to an activating group) is 1. The molecular formula is C13H23N3O4. The second-order valence-electron chi connectivity index (χ2n) is 5.01. The Balaban J connectivity index is 2.58. The molecule has 0 aromatic carbocycles. The number of nitrogens with one attached hydrogen (secondary N) is 2. The maximum atomic E-state index is 12.2. The fourth-order valence-electron chi connectivity index (χ4n) is 2.34. The molecule has 0 saturated carbocycles. The monoisotopic (exact) mass is 285 g/mol. The van der Waals surface area contributed by atoms with Crippen LogP contribution in [0, 0.1) is 0 Å². The molecule has 1 aliphatic rings. The van der Waals surface area contributed by atoms with Gasteiger partial charge in [-0.1, -0.05) is 0 Å². The second kappa shape index (κ2) is 7.72. The van der Waals surface area contributed by atoms with E-state index >= 15 is 0 Å². The lowest BCUT2D eigenvalue weighted by atomic mass is 10.00. The van der Waals surface area contributed by atoms with Gasteiger partial charge in [-0.05, 0) is 33.1 Å². The number of likely N-dealkylation sites (tertiary alicyclic amines) is 1. The molecule has 1 saturated heterocycles. The molecule has 3 N–H and O–H groups in total. The molecule has 7 heteroatoms. The summed E-state index contributed by atoms with van der Waals surface area (Å²) in [7, 11) is 0. The van der Waals surface area contributed by atoms with E-state index in [4.69, 9.17) is 5.11 Å². The summed E-state index contributed by atoms with van der Waals surface area (Å²) in [5.41, 5.74) is 0. The topological polar surface area (TPSA) is 98.7 Å². The van der Waals surface area contributed by atoms with Crippen LogP contribution in [0.5, 0.6) is 0 Å². The lowest BCUT2D eigenvalue weighted by molar-refractivity contribution is -0.138. The first-order chi connectivity index (χ1) is 9.45. The van der Waals surface area contributed by atoms with E-state index < -0.39 is 12.0 Å². The Hall–Kier alpha value is -1.79. The largest absolute Gasteiger partial charge is 0.481 e. The molecule has 1 aliphatic heterocycles. The Morgan fingerprint density at radius 3 is 2.65 bits per heavy atom. The third kappa shape index (κ3) is 4.71. The van der Waals surface area contributed by atoms with Crippen LogP contribution in [-0.2, 0) is 9.59 Å². The molecule has 0 bridgehead atoms. The Bertz CT molecular complexity index is 373. The van der Waals surface area contributed by atoms with Crippen molar-refractivity contribution in [3.05, 3.63) is 0 Å². The Morgan fingerprint density at radius 2 is 2.05 bits per heavy atom.